The van der Waals surface area contributed by atoms with E-state index in [9.17, 15) is 18.3 Å². The van der Waals surface area contributed by atoms with Gasteiger partial charge in [-0.05, 0) is 36.8 Å². The first-order chi connectivity index (χ1) is 11.5. The third kappa shape index (κ3) is 3.48. The summed E-state index contributed by atoms with van der Waals surface area (Å²) in [7, 11) is -3.44. The first-order valence-electron chi connectivity index (χ1n) is 8.57. The monoisotopic (exact) mass is 352 g/mol. The number of aromatic carboxylic acids is 1. The molecule has 1 N–H and O–H groups in total. The fourth-order valence-electron chi connectivity index (χ4n) is 3.68. The van der Waals surface area contributed by atoms with Crippen LogP contribution < -0.4 is 0 Å². The molecule has 2 saturated heterocycles. The minimum Gasteiger partial charge on any atom is -0.478 e. The first-order valence-corrected chi connectivity index (χ1v) is 9.97. The third-order valence-corrected chi connectivity index (χ3v) is 7.00. The van der Waals surface area contributed by atoms with E-state index in [1.165, 1.54) is 4.31 Å². The predicted octanol–water partition coefficient (Wildman–Crippen LogP) is 2.29. The summed E-state index contributed by atoms with van der Waals surface area (Å²) in [5.74, 6) is -1.02. The Morgan fingerprint density at radius 1 is 1.00 bits per heavy atom. The lowest BCUT2D eigenvalue weighted by molar-refractivity contribution is 0.0695. The summed E-state index contributed by atoms with van der Waals surface area (Å²) in [4.78, 5) is 11.4. The Bertz CT molecular complexity index is 696. The van der Waals surface area contributed by atoms with Gasteiger partial charge in [0.15, 0.2) is 0 Å². The van der Waals surface area contributed by atoms with Crippen LogP contribution in [0, 0.1) is 0 Å². The molecule has 1 aromatic rings. The van der Waals surface area contributed by atoms with Gasteiger partial charge in [-0.2, -0.15) is 17.0 Å². The van der Waals surface area contributed by atoms with Gasteiger partial charge in [0, 0.05) is 26.2 Å². The molecule has 2 heterocycles. The second kappa shape index (κ2) is 7.21. The highest BCUT2D eigenvalue weighted by Gasteiger charge is 2.37. The summed E-state index contributed by atoms with van der Waals surface area (Å²) in [6.07, 6.45) is 4.66. The Balaban J connectivity index is 1.76. The summed E-state index contributed by atoms with van der Waals surface area (Å²) in [6, 6.07) is 6.90. The Hall–Kier alpha value is -1.44. The van der Waals surface area contributed by atoms with E-state index in [0.29, 0.717) is 32.6 Å². The second-order valence-electron chi connectivity index (χ2n) is 6.56. The van der Waals surface area contributed by atoms with E-state index < -0.39 is 16.2 Å². The molecule has 0 bridgehead atoms. The second-order valence-corrected chi connectivity index (χ2v) is 8.49. The van der Waals surface area contributed by atoms with Crippen LogP contribution >= 0.6 is 0 Å². The van der Waals surface area contributed by atoms with Gasteiger partial charge in [-0.15, -0.1) is 0 Å². The molecule has 2 aliphatic heterocycles. The lowest BCUT2D eigenvalue weighted by Crippen LogP contribution is -2.43. The Morgan fingerprint density at radius 2 is 1.67 bits per heavy atom. The summed E-state index contributed by atoms with van der Waals surface area (Å²) < 4.78 is 28.9. The normalized spacial score (nSPS) is 23.9. The van der Waals surface area contributed by atoms with E-state index >= 15 is 0 Å². The molecule has 132 valence electrons. The molecule has 7 heteroatoms. The maximum atomic E-state index is 12.9. The number of nitrogens with zero attached hydrogens (tertiary/aromatic N) is 2. The fraction of sp³-hybridized carbons (Fsp3) is 0.588. The van der Waals surface area contributed by atoms with E-state index in [2.05, 4.69) is 0 Å². The van der Waals surface area contributed by atoms with Gasteiger partial charge in [0.1, 0.15) is 0 Å². The molecule has 1 unspecified atom stereocenters. The van der Waals surface area contributed by atoms with Gasteiger partial charge in [-0.1, -0.05) is 31.0 Å². The number of rotatable bonds is 4. The number of carbonyl (C=O) groups is 1. The van der Waals surface area contributed by atoms with Crippen molar-refractivity contribution in [3.05, 3.63) is 35.4 Å². The van der Waals surface area contributed by atoms with Crippen molar-refractivity contribution in [2.45, 2.75) is 38.0 Å². The minimum atomic E-state index is -3.44. The molecule has 0 aliphatic carbocycles. The quantitative estimate of drug-likeness (QED) is 0.902. The number of hydrogen-bond donors (Lipinski definition) is 1. The molecule has 24 heavy (non-hydrogen) atoms. The van der Waals surface area contributed by atoms with Crippen LogP contribution in [-0.2, 0) is 10.2 Å². The molecule has 0 spiro atoms. The zero-order chi connectivity index (χ0) is 17.2. The van der Waals surface area contributed by atoms with Gasteiger partial charge < -0.3 is 5.11 Å². The molecular weight excluding hydrogens is 328 g/mol. The average molecular weight is 352 g/mol. The van der Waals surface area contributed by atoms with E-state index in [1.54, 1.807) is 22.5 Å². The fourth-order valence-corrected chi connectivity index (χ4v) is 5.43. The maximum Gasteiger partial charge on any atom is 0.335 e. The molecular formula is C17H24N2O4S. The van der Waals surface area contributed by atoms with Crippen LogP contribution in [0.4, 0.5) is 0 Å². The topological polar surface area (TPSA) is 77.9 Å². The number of carboxylic acid groups (broad SMARTS) is 1. The van der Waals surface area contributed by atoms with Crippen molar-refractivity contribution in [1.29, 1.82) is 0 Å². The Morgan fingerprint density at radius 3 is 2.33 bits per heavy atom. The largest absolute Gasteiger partial charge is 0.478 e. The van der Waals surface area contributed by atoms with Crippen molar-refractivity contribution in [2.75, 3.05) is 26.2 Å². The molecule has 0 amide bonds. The maximum absolute atomic E-state index is 12.9. The molecule has 6 nitrogen and oxygen atoms in total. The van der Waals surface area contributed by atoms with E-state index in [0.717, 1.165) is 31.2 Å². The van der Waals surface area contributed by atoms with Crippen molar-refractivity contribution in [3.63, 3.8) is 0 Å². The van der Waals surface area contributed by atoms with Gasteiger partial charge in [-0.3, -0.25) is 0 Å². The molecule has 3 rings (SSSR count). The van der Waals surface area contributed by atoms with Crippen molar-refractivity contribution < 1.29 is 18.3 Å². The van der Waals surface area contributed by atoms with Gasteiger partial charge in [-0.25, -0.2) is 4.79 Å². The van der Waals surface area contributed by atoms with Crippen LogP contribution in [-0.4, -0.2) is 54.3 Å². The molecule has 1 atom stereocenters. The van der Waals surface area contributed by atoms with Crippen LogP contribution in [0.15, 0.2) is 24.3 Å². The standard InChI is InChI=1S/C17H24N2O4S/c20-17(21)16-8-4-3-7-15(16)14-9-12-19(13-14)24(22,23)18-10-5-1-2-6-11-18/h3-4,7-8,14H,1-2,5-6,9-13H2,(H,20,21). The average Bonchev–Trinajstić information content (AvgIpc) is 2.90. The number of carboxylic acids is 1. The van der Waals surface area contributed by atoms with Crippen LogP contribution in [0.2, 0.25) is 0 Å². The van der Waals surface area contributed by atoms with E-state index in [4.69, 9.17) is 0 Å². The highest BCUT2D eigenvalue weighted by molar-refractivity contribution is 7.86. The molecule has 0 aromatic heterocycles. The SMILES string of the molecule is O=C(O)c1ccccc1C1CCN(S(=O)(=O)N2CCCCCC2)C1. The molecule has 1 aromatic carbocycles. The van der Waals surface area contributed by atoms with Crippen LogP contribution in [0.25, 0.3) is 0 Å². The van der Waals surface area contributed by atoms with Gasteiger partial charge >= 0.3 is 5.97 Å². The van der Waals surface area contributed by atoms with Crippen molar-refractivity contribution in [3.8, 4) is 0 Å². The van der Waals surface area contributed by atoms with E-state index in [1.807, 2.05) is 6.07 Å². The zero-order valence-corrected chi connectivity index (χ0v) is 14.5. The molecule has 0 saturated carbocycles. The Labute approximate surface area is 143 Å². The van der Waals surface area contributed by atoms with Crippen molar-refractivity contribution >= 4 is 16.2 Å². The van der Waals surface area contributed by atoms with Crippen molar-refractivity contribution in [2.24, 2.45) is 0 Å². The summed E-state index contributed by atoms with van der Waals surface area (Å²) in [5.41, 5.74) is 1.01. The van der Waals surface area contributed by atoms with Crippen molar-refractivity contribution in [1.82, 2.24) is 8.61 Å². The lowest BCUT2D eigenvalue weighted by atomic mass is 9.93. The summed E-state index contributed by atoms with van der Waals surface area (Å²) in [5, 5.41) is 9.35. The van der Waals surface area contributed by atoms with Gasteiger partial charge in [0.25, 0.3) is 10.2 Å². The predicted molar refractivity (Wildman–Crippen MR) is 91.3 cm³/mol. The van der Waals surface area contributed by atoms with Gasteiger partial charge in [0.05, 0.1) is 5.56 Å². The molecule has 0 radical (unpaired) electrons. The Kier molecular flexibility index (Phi) is 5.22. The van der Waals surface area contributed by atoms with Gasteiger partial charge in [0.2, 0.25) is 0 Å². The number of benzene rings is 1. The first kappa shape index (κ1) is 17.4. The smallest absolute Gasteiger partial charge is 0.335 e. The highest BCUT2D eigenvalue weighted by atomic mass is 32.2. The molecule has 2 aliphatic rings. The van der Waals surface area contributed by atoms with Crippen LogP contribution in [0.3, 0.4) is 0 Å². The lowest BCUT2D eigenvalue weighted by Gasteiger charge is -2.26. The number of hydrogen-bond acceptors (Lipinski definition) is 3. The summed E-state index contributed by atoms with van der Waals surface area (Å²) in [6.45, 7) is 2.00. The third-order valence-electron chi connectivity index (χ3n) is 5.00. The van der Waals surface area contributed by atoms with Crippen LogP contribution in [0.1, 0.15) is 53.9 Å². The highest BCUT2D eigenvalue weighted by Crippen LogP contribution is 2.32. The molecule has 2 fully saturated rings. The minimum absolute atomic E-state index is 0.0564. The van der Waals surface area contributed by atoms with Crippen LogP contribution in [0.5, 0.6) is 0 Å². The zero-order valence-electron chi connectivity index (χ0n) is 13.7. The van der Waals surface area contributed by atoms with E-state index in [-0.39, 0.29) is 11.5 Å². The summed E-state index contributed by atoms with van der Waals surface area (Å²) >= 11 is 0.